The van der Waals surface area contributed by atoms with Gasteiger partial charge < -0.3 is 10.4 Å². The molecule has 0 atom stereocenters. The summed E-state index contributed by atoms with van der Waals surface area (Å²) in [5.41, 5.74) is 1.19. The van der Waals surface area contributed by atoms with E-state index in [9.17, 15) is 9.90 Å². The molecule has 8 heteroatoms. The number of phenols is 1. The normalized spacial score (nSPS) is 10.1. The summed E-state index contributed by atoms with van der Waals surface area (Å²) in [6, 6.07) is 10.5. The fraction of sp³-hybridized carbons (Fsp3) is 0. The monoisotopic (exact) mass is 554 g/mol. The van der Waals surface area contributed by atoms with Gasteiger partial charge in [-0.05, 0) is 90.9 Å². The van der Waals surface area contributed by atoms with Crippen molar-refractivity contribution in [3.63, 3.8) is 0 Å². The molecule has 0 bridgehead atoms. The Hall–Kier alpha value is -0.710. The quantitative estimate of drug-likeness (QED) is 0.287. The number of aromatic hydroxyl groups is 1. The Balaban J connectivity index is 2.08. The number of carbonyl (C=O) groups excluding carboxylic acids is 1. The molecule has 0 saturated carbocycles. The van der Waals surface area contributed by atoms with Crippen LogP contribution in [0, 0.1) is 3.57 Å². The van der Waals surface area contributed by atoms with Gasteiger partial charge in [-0.1, -0.05) is 12.1 Å². The van der Waals surface area contributed by atoms with E-state index in [1.54, 1.807) is 24.3 Å². The van der Waals surface area contributed by atoms with Crippen LogP contribution in [0.15, 0.2) is 45.3 Å². The zero-order valence-corrected chi connectivity index (χ0v) is 17.0. The summed E-state index contributed by atoms with van der Waals surface area (Å²) in [5, 5.41) is 15.4. The van der Waals surface area contributed by atoms with Crippen molar-refractivity contribution < 1.29 is 9.90 Å². The molecule has 0 heterocycles. The summed E-state index contributed by atoms with van der Waals surface area (Å²) < 4.78 is 1.86. The van der Waals surface area contributed by atoms with E-state index in [1.165, 1.54) is 0 Å². The number of phenolic OH excluding ortho intramolecular Hbond substituents is 1. The van der Waals surface area contributed by atoms with Crippen LogP contribution in [0.2, 0.25) is 0 Å². The van der Waals surface area contributed by atoms with E-state index in [-0.39, 0.29) is 16.8 Å². The molecular formula is C14H9Br2IN2O2S. The molecule has 0 spiro atoms. The first-order valence-electron chi connectivity index (χ1n) is 5.93. The number of hydrogen-bond donors (Lipinski definition) is 3. The van der Waals surface area contributed by atoms with Crippen molar-refractivity contribution >= 4 is 83.4 Å². The van der Waals surface area contributed by atoms with Gasteiger partial charge in [-0.15, -0.1) is 0 Å². The molecule has 3 N–H and O–H groups in total. The molecule has 22 heavy (non-hydrogen) atoms. The van der Waals surface area contributed by atoms with Crippen molar-refractivity contribution in [1.29, 1.82) is 0 Å². The zero-order valence-electron chi connectivity index (χ0n) is 10.9. The van der Waals surface area contributed by atoms with Gasteiger partial charge in [-0.2, -0.15) is 0 Å². The zero-order chi connectivity index (χ0) is 16.3. The van der Waals surface area contributed by atoms with Gasteiger partial charge in [0.2, 0.25) is 0 Å². The fourth-order valence-electron chi connectivity index (χ4n) is 1.62. The van der Waals surface area contributed by atoms with Gasteiger partial charge in [0, 0.05) is 9.26 Å². The van der Waals surface area contributed by atoms with Crippen LogP contribution in [-0.2, 0) is 0 Å². The molecule has 0 aliphatic heterocycles. The largest absolute Gasteiger partial charge is 0.506 e. The Morgan fingerprint density at radius 2 is 1.77 bits per heavy atom. The molecule has 0 unspecified atom stereocenters. The number of anilines is 1. The second-order valence-corrected chi connectivity index (χ2v) is 7.46. The van der Waals surface area contributed by atoms with E-state index >= 15 is 0 Å². The summed E-state index contributed by atoms with van der Waals surface area (Å²) in [7, 11) is 0. The fourth-order valence-corrected chi connectivity index (χ4v) is 3.65. The number of rotatable bonds is 2. The minimum absolute atomic E-state index is 0.0966. The molecule has 0 aromatic heterocycles. The van der Waals surface area contributed by atoms with Crippen LogP contribution in [0.5, 0.6) is 5.75 Å². The van der Waals surface area contributed by atoms with Crippen molar-refractivity contribution in [2.24, 2.45) is 0 Å². The summed E-state index contributed by atoms with van der Waals surface area (Å²) >= 11 is 13.7. The lowest BCUT2D eigenvalue weighted by Gasteiger charge is -2.12. The summed E-state index contributed by atoms with van der Waals surface area (Å²) in [6.07, 6.45) is 0. The van der Waals surface area contributed by atoms with E-state index in [1.807, 2.05) is 12.1 Å². The minimum atomic E-state index is -0.278. The highest BCUT2D eigenvalue weighted by atomic mass is 127. The average Bonchev–Trinajstić information content (AvgIpc) is 2.44. The summed E-state index contributed by atoms with van der Waals surface area (Å²) in [6.45, 7) is 0. The van der Waals surface area contributed by atoms with Gasteiger partial charge >= 0.3 is 0 Å². The number of benzene rings is 2. The third kappa shape index (κ3) is 4.40. The van der Waals surface area contributed by atoms with Crippen molar-refractivity contribution in [3.8, 4) is 5.75 Å². The van der Waals surface area contributed by atoms with Crippen LogP contribution in [0.1, 0.15) is 10.4 Å². The van der Waals surface area contributed by atoms with Crippen LogP contribution in [0.4, 0.5) is 5.69 Å². The molecule has 2 aromatic rings. The molecule has 0 aliphatic carbocycles. The second kappa shape index (κ2) is 7.71. The van der Waals surface area contributed by atoms with Crippen LogP contribution in [0.3, 0.4) is 0 Å². The molecule has 0 saturated heterocycles. The standard InChI is InChI=1S/C14H9Br2IN2O2S/c15-9-5-7(6-10(16)12(9)20)18-14(22)19-13(21)8-3-1-2-4-11(8)17/h1-6,20H,(H2,18,19,21,22). The Labute approximate surface area is 163 Å². The topological polar surface area (TPSA) is 61.4 Å². The minimum Gasteiger partial charge on any atom is -0.506 e. The van der Waals surface area contributed by atoms with E-state index in [0.29, 0.717) is 20.2 Å². The SMILES string of the molecule is O=C(NC(=S)Nc1cc(Br)c(O)c(Br)c1)c1ccccc1I. The highest BCUT2D eigenvalue weighted by Gasteiger charge is 2.12. The highest BCUT2D eigenvalue weighted by Crippen LogP contribution is 2.35. The summed E-state index contributed by atoms with van der Waals surface area (Å²) in [5.74, 6) is -0.182. The van der Waals surface area contributed by atoms with Gasteiger partial charge in [0.1, 0.15) is 5.75 Å². The second-order valence-electron chi connectivity index (χ2n) is 4.18. The van der Waals surface area contributed by atoms with E-state index in [2.05, 4.69) is 65.1 Å². The molecular weight excluding hydrogens is 547 g/mol. The Morgan fingerprint density at radius 1 is 1.18 bits per heavy atom. The van der Waals surface area contributed by atoms with Crippen LogP contribution in [0.25, 0.3) is 0 Å². The number of carbonyl (C=O) groups is 1. The van der Waals surface area contributed by atoms with E-state index < -0.39 is 0 Å². The molecule has 4 nitrogen and oxygen atoms in total. The maximum Gasteiger partial charge on any atom is 0.258 e. The first-order chi connectivity index (χ1) is 10.4. The van der Waals surface area contributed by atoms with Gasteiger partial charge in [0.15, 0.2) is 5.11 Å². The van der Waals surface area contributed by atoms with Gasteiger partial charge in [-0.3, -0.25) is 10.1 Å². The Morgan fingerprint density at radius 3 is 2.36 bits per heavy atom. The maximum atomic E-state index is 12.2. The van der Waals surface area contributed by atoms with Crippen molar-refractivity contribution in [1.82, 2.24) is 5.32 Å². The third-order valence-electron chi connectivity index (χ3n) is 2.62. The number of nitrogens with one attached hydrogen (secondary N) is 2. The molecule has 0 radical (unpaired) electrons. The lowest BCUT2D eigenvalue weighted by Crippen LogP contribution is -2.34. The van der Waals surface area contributed by atoms with Crippen LogP contribution >= 0.6 is 66.7 Å². The highest BCUT2D eigenvalue weighted by molar-refractivity contribution is 14.1. The lowest BCUT2D eigenvalue weighted by atomic mass is 10.2. The lowest BCUT2D eigenvalue weighted by molar-refractivity contribution is 0.0977. The molecule has 2 rings (SSSR count). The van der Waals surface area contributed by atoms with Crippen molar-refractivity contribution in [3.05, 3.63) is 54.5 Å². The predicted octanol–water partition coefficient (Wildman–Crippen LogP) is 4.65. The smallest absolute Gasteiger partial charge is 0.258 e. The molecule has 1 amide bonds. The number of thiocarbonyl (C=S) groups is 1. The Kier molecular flexibility index (Phi) is 6.18. The van der Waals surface area contributed by atoms with Gasteiger partial charge in [0.05, 0.1) is 14.5 Å². The van der Waals surface area contributed by atoms with E-state index in [0.717, 1.165) is 3.57 Å². The van der Waals surface area contributed by atoms with Crippen molar-refractivity contribution in [2.45, 2.75) is 0 Å². The molecule has 0 aliphatic rings. The van der Waals surface area contributed by atoms with Gasteiger partial charge in [0.25, 0.3) is 5.91 Å². The maximum absolute atomic E-state index is 12.2. The average molecular weight is 556 g/mol. The first kappa shape index (κ1) is 17.6. The number of halogens is 3. The first-order valence-corrected chi connectivity index (χ1v) is 9.00. The predicted molar refractivity (Wildman–Crippen MR) is 106 cm³/mol. The Bertz CT molecular complexity index is 732. The van der Waals surface area contributed by atoms with Crippen LogP contribution < -0.4 is 10.6 Å². The van der Waals surface area contributed by atoms with Crippen LogP contribution in [-0.4, -0.2) is 16.1 Å². The third-order valence-corrected chi connectivity index (χ3v) is 4.97. The molecule has 114 valence electrons. The number of amides is 1. The van der Waals surface area contributed by atoms with Crippen molar-refractivity contribution in [2.75, 3.05) is 5.32 Å². The molecule has 2 aromatic carbocycles. The van der Waals surface area contributed by atoms with E-state index in [4.69, 9.17) is 12.2 Å². The number of hydrogen-bond acceptors (Lipinski definition) is 3. The summed E-state index contributed by atoms with van der Waals surface area (Å²) in [4.78, 5) is 12.2. The van der Waals surface area contributed by atoms with Gasteiger partial charge in [-0.25, -0.2) is 0 Å². The molecule has 0 fully saturated rings.